The Bertz CT molecular complexity index is 1080. The predicted molar refractivity (Wildman–Crippen MR) is 118 cm³/mol. The van der Waals surface area contributed by atoms with E-state index in [0.717, 1.165) is 22.4 Å². The van der Waals surface area contributed by atoms with E-state index in [0.29, 0.717) is 11.1 Å². The van der Waals surface area contributed by atoms with Gasteiger partial charge in [-0.1, -0.05) is 66.2 Å². The van der Waals surface area contributed by atoms with E-state index >= 15 is 0 Å². The molecule has 152 valence electrons. The van der Waals surface area contributed by atoms with Crippen LogP contribution in [0.3, 0.4) is 0 Å². The molecule has 2 amide bonds. The van der Waals surface area contributed by atoms with E-state index in [-0.39, 0.29) is 23.8 Å². The fraction of sp³-hybridized carbons (Fsp3) is 0.160. The molecule has 0 spiro atoms. The Morgan fingerprint density at radius 3 is 1.97 bits per heavy atom. The zero-order valence-electron chi connectivity index (χ0n) is 17.3. The minimum atomic E-state index is -0.470. The minimum Gasteiger partial charge on any atom is -0.343 e. The normalized spacial score (nSPS) is 10.4. The van der Waals surface area contributed by atoms with E-state index in [1.807, 2.05) is 39.0 Å². The molecule has 5 nitrogen and oxygen atoms in total. The molecular formula is C25H24N2O3. The van der Waals surface area contributed by atoms with E-state index < -0.39 is 5.91 Å². The summed E-state index contributed by atoms with van der Waals surface area (Å²) in [5.74, 6) is -1.04. The van der Waals surface area contributed by atoms with E-state index in [1.165, 1.54) is 0 Å². The van der Waals surface area contributed by atoms with E-state index in [2.05, 4.69) is 10.6 Å². The molecule has 0 aliphatic carbocycles. The lowest BCUT2D eigenvalue weighted by Crippen LogP contribution is -2.34. The number of carbonyl (C=O) groups excluding carboxylic acids is 3. The molecule has 3 rings (SSSR count). The van der Waals surface area contributed by atoms with Crippen LogP contribution in [0.4, 0.5) is 5.69 Å². The highest BCUT2D eigenvalue weighted by atomic mass is 16.2. The van der Waals surface area contributed by atoms with Gasteiger partial charge in [-0.05, 0) is 38.0 Å². The van der Waals surface area contributed by atoms with Crippen molar-refractivity contribution in [3.8, 4) is 0 Å². The van der Waals surface area contributed by atoms with Gasteiger partial charge >= 0.3 is 0 Å². The molecule has 0 saturated carbocycles. The highest BCUT2D eigenvalue weighted by molar-refractivity contribution is 6.15. The summed E-state index contributed by atoms with van der Waals surface area (Å²) in [5, 5.41) is 5.47. The summed E-state index contributed by atoms with van der Waals surface area (Å²) in [7, 11) is 0. The standard InChI is InChI=1S/C25H24N2O3/c1-16-13-17(2)23(18(3)14-16)27-22(28)15-26-25(30)21-12-8-7-11-20(21)24(29)19-9-5-4-6-10-19/h4-14H,15H2,1-3H3,(H,26,30)(H,27,28). The van der Waals surface area contributed by atoms with Crippen LogP contribution in [-0.4, -0.2) is 24.1 Å². The Kier molecular flexibility index (Phi) is 6.42. The molecular weight excluding hydrogens is 376 g/mol. The first-order chi connectivity index (χ1) is 14.4. The molecule has 2 N–H and O–H groups in total. The smallest absolute Gasteiger partial charge is 0.252 e. The molecule has 3 aromatic carbocycles. The van der Waals surface area contributed by atoms with Gasteiger partial charge in [0.25, 0.3) is 5.91 Å². The van der Waals surface area contributed by atoms with Crippen LogP contribution in [0.1, 0.15) is 43.0 Å². The van der Waals surface area contributed by atoms with Crippen molar-refractivity contribution in [3.63, 3.8) is 0 Å². The van der Waals surface area contributed by atoms with Gasteiger partial charge in [-0.3, -0.25) is 14.4 Å². The monoisotopic (exact) mass is 400 g/mol. The summed E-state index contributed by atoms with van der Waals surface area (Å²) in [4.78, 5) is 37.9. The maximum absolute atomic E-state index is 12.8. The number of aryl methyl sites for hydroxylation is 3. The molecule has 5 heteroatoms. The zero-order valence-corrected chi connectivity index (χ0v) is 17.3. The number of nitrogens with one attached hydrogen (secondary N) is 2. The van der Waals surface area contributed by atoms with Gasteiger partial charge in [0, 0.05) is 16.8 Å². The van der Waals surface area contributed by atoms with Crippen molar-refractivity contribution in [2.75, 3.05) is 11.9 Å². The van der Waals surface area contributed by atoms with E-state index in [9.17, 15) is 14.4 Å². The third-order valence-corrected chi connectivity index (χ3v) is 4.80. The summed E-state index contributed by atoms with van der Waals surface area (Å²) < 4.78 is 0. The topological polar surface area (TPSA) is 75.3 Å². The Hall–Kier alpha value is -3.73. The second-order valence-corrected chi connectivity index (χ2v) is 7.25. The van der Waals surface area contributed by atoms with Gasteiger partial charge < -0.3 is 10.6 Å². The molecule has 3 aromatic rings. The van der Waals surface area contributed by atoms with Gasteiger partial charge in [0.15, 0.2) is 5.78 Å². The zero-order chi connectivity index (χ0) is 21.7. The molecule has 0 bridgehead atoms. The molecule has 0 aromatic heterocycles. The average molecular weight is 400 g/mol. The van der Waals surface area contributed by atoms with Crippen molar-refractivity contribution in [2.45, 2.75) is 20.8 Å². The van der Waals surface area contributed by atoms with Crippen molar-refractivity contribution < 1.29 is 14.4 Å². The molecule has 0 aliphatic rings. The second kappa shape index (κ2) is 9.18. The van der Waals surface area contributed by atoms with Crippen molar-refractivity contribution in [1.82, 2.24) is 5.32 Å². The van der Waals surface area contributed by atoms with Crippen molar-refractivity contribution in [3.05, 3.63) is 100 Å². The molecule has 30 heavy (non-hydrogen) atoms. The number of hydrogen-bond acceptors (Lipinski definition) is 3. The Labute approximate surface area is 176 Å². The predicted octanol–water partition coefficient (Wildman–Crippen LogP) is 4.21. The number of hydrogen-bond donors (Lipinski definition) is 2. The lowest BCUT2D eigenvalue weighted by Gasteiger charge is -2.14. The van der Waals surface area contributed by atoms with Crippen LogP contribution in [0.2, 0.25) is 0 Å². The Morgan fingerprint density at radius 1 is 0.767 bits per heavy atom. The molecule has 0 saturated heterocycles. The summed E-state index contributed by atoms with van der Waals surface area (Å²) in [5.41, 5.74) is 4.84. The summed E-state index contributed by atoms with van der Waals surface area (Å²) in [6.45, 7) is 5.67. The molecule has 0 aliphatic heterocycles. The number of amides is 2. The number of ketones is 1. The van der Waals surface area contributed by atoms with Gasteiger partial charge in [-0.25, -0.2) is 0 Å². The molecule has 0 atom stereocenters. The van der Waals surface area contributed by atoms with Crippen LogP contribution in [0, 0.1) is 20.8 Å². The maximum Gasteiger partial charge on any atom is 0.252 e. The second-order valence-electron chi connectivity index (χ2n) is 7.25. The van der Waals surface area contributed by atoms with Gasteiger partial charge in [0.1, 0.15) is 0 Å². The molecule has 0 radical (unpaired) electrons. The maximum atomic E-state index is 12.8. The first-order valence-electron chi connectivity index (χ1n) is 9.71. The van der Waals surface area contributed by atoms with Crippen molar-refractivity contribution in [1.29, 1.82) is 0 Å². The lowest BCUT2D eigenvalue weighted by atomic mass is 9.98. The fourth-order valence-corrected chi connectivity index (χ4v) is 3.44. The number of carbonyl (C=O) groups is 3. The molecule has 0 heterocycles. The summed E-state index contributed by atoms with van der Waals surface area (Å²) in [6, 6.07) is 19.4. The first-order valence-corrected chi connectivity index (χ1v) is 9.71. The third-order valence-electron chi connectivity index (χ3n) is 4.80. The van der Waals surface area contributed by atoms with E-state index in [4.69, 9.17) is 0 Å². The minimum absolute atomic E-state index is 0.195. The van der Waals surface area contributed by atoms with Gasteiger partial charge in [0.05, 0.1) is 12.1 Å². The van der Waals surface area contributed by atoms with Gasteiger partial charge in [0.2, 0.25) is 5.91 Å². The number of anilines is 1. The third kappa shape index (κ3) is 4.81. The summed E-state index contributed by atoms with van der Waals surface area (Å²) >= 11 is 0. The fourth-order valence-electron chi connectivity index (χ4n) is 3.44. The SMILES string of the molecule is Cc1cc(C)c(NC(=O)CNC(=O)c2ccccc2C(=O)c2ccccc2)c(C)c1. The van der Waals surface area contributed by atoms with Gasteiger partial charge in [-0.2, -0.15) is 0 Å². The van der Waals surface area contributed by atoms with Crippen molar-refractivity contribution >= 4 is 23.3 Å². The highest BCUT2D eigenvalue weighted by Gasteiger charge is 2.18. The van der Waals surface area contributed by atoms with Crippen LogP contribution in [-0.2, 0) is 4.79 Å². The van der Waals surface area contributed by atoms with Crippen LogP contribution < -0.4 is 10.6 Å². The van der Waals surface area contributed by atoms with Crippen LogP contribution in [0.5, 0.6) is 0 Å². The van der Waals surface area contributed by atoms with Crippen LogP contribution in [0.15, 0.2) is 66.7 Å². The average Bonchev–Trinajstić information content (AvgIpc) is 2.74. The van der Waals surface area contributed by atoms with Crippen molar-refractivity contribution in [2.24, 2.45) is 0 Å². The summed E-state index contributed by atoms with van der Waals surface area (Å²) in [6.07, 6.45) is 0. The Balaban J connectivity index is 1.70. The quantitative estimate of drug-likeness (QED) is 0.609. The van der Waals surface area contributed by atoms with Gasteiger partial charge in [-0.15, -0.1) is 0 Å². The molecule has 0 unspecified atom stereocenters. The largest absolute Gasteiger partial charge is 0.343 e. The van der Waals surface area contributed by atoms with Crippen LogP contribution >= 0.6 is 0 Å². The number of benzene rings is 3. The number of rotatable bonds is 6. The Morgan fingerprint density at radius 2 is 1.33 bits per heavy atom. The molecule has 0 fully saturated rings. The lowest BCUT2D eigenvalue weighted by molar-refractivity contribution is -0.115. The highest BCUT2D eigenvalue weighted by Crippen LogP contribution is 2.21. The first kappa shape index (κ1) is 21.0. The van der Waals surface area contributed by atoms with Crippen LogP contribution in [0.25, 0.3) is 0 Å². The van der Waals surface area contributed by atoms with E-state index in [1.54, 1.807) is 48.5 Å².